The molecule has 0 fully saturated rings. The second-order valence-corrected chi connectivity index (χ2v) is 7.26. The lowest BCUT2D eigenvalue weighted by Gasteiger charge is -2.27. The van der Waals surface area contributed by atoms with E-state index in [0.29, 0.717) is 12.0 Å². The molecule has 0 amide bonds. The minimum absolute atomic E-state index is 0.0256. The Bertz CT molecular complexity index is 962. The molecular weight excluding hydrogens is 346 g/mol. The van der Waals surface area contributed by atoms with Gasteiger partial charge in [-0.05, 0) is 22.6 Å². The first-order chi connectivity index (χ1) is 12.8. The maximum atomic E-state index is 12.2. The molecule has 27 heavy (non-hydrogen) atoms. The molecule has 0 saturated heterocycles. The molecule has 1 N–H and O–H groups in total. The van der Waals surface area contributed by atoms with Gasteiger partial charge in [-0.1, -0.05) is 50.2 Å². The number of aliphatic hydroxyl groups is 1. The van der Waals surface area contributed by atoms with Gasteiger partial charge in [0.25, 0.3) is 5.69 Å². The number of carbonyl (C=O) groups excluding carboxylic acids is 1. The summed E-state index contributed by atoms with van der Waals surface area (Å²) in [4.78, 5) is 23.1. The average Bonchev–Trinajstić information content (AvgIpc) is 2.60. The summed E-state index contributed by atoms with van der Waals surface area (Å²) in [6.45, 7) is 3.75. The van der Waals surface area contributed by atoms with Crippen molar-refractivity contribution in [3.63, 3.8) is 0 Å². The molecule has 0 bridgehead atoms. The summed E-state index contributed by atoms with van der Waals surface area (Å²) >= 11 is 0. The molecule has 1 aliphatic carbocycles. The fraction of sp³-hybridized carbons (Fsp3) is 0.250. The Kier molecular flexibility index (Phi) is 4.85. The van der Waals surface area contributed by atoms with Crippen molar-refractivity contribution in [2.24, 2.45) is 15.6 Å². The molecule has 0 unspecified atom stereocenters. The lowest BCUT2D eigenvalue weighted by atomic mass is 9.78. The van der Waals surface area contributed by atoms with Gasteiger partial charge in [0.05, 0.1) is 4.92 Å². The van der Waals surface area contributed by atoms with E-state index in [1.54, 1.807) is 6.07 Å². The molecule has 0 saturated carbocycles. The van der Waals surface area contributed by atoms with Crippen molar-refractivity contribution in [3.05, 3.63) is 70.1 Å². The number of Topliss-reactive ketones (excluding diaryl/α,β-unsaturated/α-hetero) is 1. The molecule has 2 aromatic carbocycles. The van der Waals surface area contributed by atoms with Crippen LogP contribution in [0.2, 0.25) is 0 Å². The van der Waals surface area contributed by atoms with Crippen LogP contribution in [0.5, 0.6) is 0 Å². The van der Waals surface area contributed by atoms with E-state index >= 15 is 0 Å². The summed E-state index contributed by atoms with van der Waals surface area (Å²) in [5.74, 6) is -0.459. The van der Waals surface area contributed by atoms with Crippen LogP contribution in [0, 0.1) is 15.5 Å². The molecule has 3 rings (SSSR count). The van der Waals surface area contributed by atoms with Crippen LogP contribution in [0.4, 0.5) is 11.4 Å². The smallest absolute Gasteiger partial charge is 0.297 e. The zero-order chi connectivity index (χ0) is 19.6. The number of carbonyl (C=O) groups is 1. The number of hydrogen-bond acceptors (Lipinski definition) is 6. The number of azo groups is 1. The predicted octanol–water partition coefficient (Wildman–Crippen LogP) is 5.50. The highest BCUT2D eigenvalue weighted by atomic mass is 16.6. The Morgan fingerprint density at radius 2 is 1.74 bits per heavy atom. The van der Waals surface area contributed by atoms with Crippen LogP contribution in [-0.4, -0.2) is 15.8 Å². The van der Waals surface area contributed by atoms with Crippen LogP contribution in [0.1, 0.15) is 26.7 Å². The number of nitrogens with zero attached hydrogens (tertiary/aromatic N) is 3. The molecule has 0 aromatic heterocycles. The molecule has 2 aromatic rings. The maximum absolute atomic E-state index is 12.2. The molecule has 7 nitrogen and oxygen atoms in total. The molecule has 7 heteroatoms. The minimum Gasteiger partial charge on any atom is -0.510 e. The van der Waals surface area contributed by atoms with E-state index in [2.05, 4.69) is 10.2 Å². The van der Waals surface area contributed by atoms with E-state index in [1.165, 1.54) is 12.1 Å². The van der Waals surface area contributed by atoms with Gasteiger partial charge in [0.1, 0.15) is 5.76 Å². The number of nitro benzene ring substituents is 1. The van der Waals surface area contributed by atoms with Gasteiger partial charge < -0.3 is 5.11 Å². The zero-order valence-electron chi connectivity index (χ0n) is 15.0. The topological polar surface area (TPSA) is 105 Å². The number of ketones is 1. The van der Waals surface area contributed by atoms with Crippen molar-refractivity contribution in [2.45, 2.75) is 26.7 Å². The average molecular weight is 365 g/mol. The van der Waals surface area contributed by atoms with Crippen LogP contribution < -0.4 is 0 Å². The fourth-order valence-corrected chi connectivity index (χ4v) is 3.06. The quantitative estimate of drug-likeness (QED) is 0.438. The first-order valence-corrected chi connectivity index (χ1v) is 8.48. The van der Waals surface area contributed by atoms with Crippen molar-refractivity contribution < 1.29 is 14.8 Å². The van der Waals surface area contributed by atoms with Crippen LogP contribution in [-0.2, 0) is 4.79 Å². The van der Waals surface area contributed by atoms with E-state index in [9.17, 15) is 20.0 Å². The van der Waals surface area contributed by atoms with Crippen molar-refractivity contribution in [1.82, 2.24) is 0 Å². The Hall–Kier alpha value is -3.35. The first kappa shape index (κ1) is 18.4. The van der Waals surface area contributed by atoms with Gasteiger partial charge in [0.2, 0.25) is 0 Å². The molecular formula is C20H19N3O4. The number of hydrogen-bond donors (Lipinski definition) is 1. The van der Waals surface area contributed by atoms with E-state index < -0.39 is 4.92 Å². The summed E-state index contributed by atoms with van der Waals surface area (Å²) in [5.41, 5.74) is 0.855. The van der Waals surface area contributed by atoms with E-state index in [1.807, 2.05) is 44.2 Å². The third-order valence-corrected chi connectivity index (χ3v) is 4.36. The maximum Gasteiger partial charge on any atom is 0.297 e. The summed E-state index contributed by atoms with van der Waals surface area (Å²) in [6, 6.07) is 13.9. The lowest BCUT2D eigenvalue weighted by molar-refractivity contribution is -0.384. The van der Waals surface area contributed by atoms with E-state index in [-0.39, 0.29) is 40.5 Å². The Labute approximate surface area is 156 Å². The third-order valence-electron chi connectivity index (χ3n) is 4.36. The number of nitro groups is 1. The van der Waals surface area contributed by atoms with Gasteiger partial charge in [-0.25, -0.2) is 0 Å². The van der Waals surface area contributed by atoms with Crippen molar-refractivity contribution in [3.8, 4) is 11.1 Å². The standard InChI is InChI=1S/C20H19N3O4/c1-20(2)11-17(24)19(18(25)12-20)22-21-15-9-8-14(10-16(15)23(26)27)13-6-4-3-5-7-13/h3-10,24H,11-12H2,1-2H3. The summed E-state index contributed by atoms with van der Waals surface area (Å²) in [6.07, 6.45) is 0.544. The van der Waals surface area contributed by atoms with Gasteiger partial charge in [-0.2, -0.15) is 0 Å². The number of aliphatic hydroxyl groups excluding tert-OH is 1. The van der Waals surface area contributed by atoms with Gasteiger partial charge >= 0.3 is 0 Å². The SMILES string of the molecule is CC1(C)CC(=O)C(N=Nc2ccc(-c3ccccc3)cc2[N+](=O)[O-])=C(O)C1. The number of allylic oxidation sites excluding steroid dienone is 2. The fourth-order valence-electron chi connectivity index (χ4n) is 3.06. The van der Waals surface area contributed by atoms with E-state index in [4.69, 9.17) is 0 Å². The van der Waals surface area contributed by atoms with Gasteiger partial charge in [-0.3, -0.25) is 14.9 Å². The van der Waals surface area contributed by atoms with Crippen molar-refractivity contribution in [1.29, 1.82) is 0 Å². The highest BCUT2D eigenvalue weighted by molar-refractivity contribution is 5.96. The lowest BCUT2D eigenvalue weighted by Crippen LogP contribution is -2.25. The molecule has 0 radical (unpaired) electrons. The molecule has 0 heterocycles. The third kappa shape index (κ3) is 4.08. The molecule has 1 aliphatic rings. The van der Waals surface area contributed by atoms with E-state index in [0.717, 1.165) is 5.56 Å². The largest absolute Gasteiger partial charge is 0.510 e. The summed E-state index contributed by atoms with van der Waals surface area (Å²) in [7, 11) is 0. The molecule has 0 atom stereocenters. The van der Waals surface area contributed by atoms with Crippen LogP contribution >= 0.6 is 0 Å². The van der Waals surface area contributed by atoms with Crippen molar-refractivity contribution >= 4 is 17.2 Å². The second-order valence-electron chi connectivity index (χ2n) is 7.26. The minimum atomic E-state index is -0.541. The highest BCUT2D eigenvalue weighted by Crippen LogP contribution is 2.37. The normalized spacial score (nSPS) is 16.7. The monoisotopic (exact) mass is 365 g/mol. The van der Waals surface area contributed by atoms with Crippen LogP contribution in [0.15, 0.2) is 70.2 Å². The number of rotatable bonds is 4. The molecule has 138 valence electrons. The van der Waals surface area contributed by atoms with Crippen molar-refractivity contribution in [2.75, 3.05) is 0 Å². The Balaban J connectivity index is 1.96. The first-order valence-electron chi connectivity index (χ1n) is 8.48. The summed E-state index contributed by atoms with van der Waals surface area (Å²) < 4.78 is 0. The predicted molar refractivity (Wildman–Crippen MR) is 101 cm³/mol. The second kappa shape index (κ2) is 7.11. The Morgan fingerprint density at radius 1 is 1.04 bits per heavy atom. The number of benzene rings is 2. The van der Waals surface area contributed by atoms with Gasteiger partial charge in [0.15, 0.2) is 17.2 Å². The molecule has 0 aliphatic heterocycles. The molecule has 0 spiro atoms. The Morgan fingerprint density at radius 3 is 2.37 bits per heavy atom. The zero-order valence-corrected chi connectivity index (χ0v) is 15.0. The highest BCUT2D eigenvalue weighted by Gasteiger charge is 2.33. The van der Waals surface area contributed by atoms with Crippen LogP contribution in [0.25, 0.3) is 11.1 Å². The van der Waals surface area contributed by atoms with Crippen LogP contribution in [0.3, 0.4) is 0 Å². The van der Waals surface area contributed by atoms with Gasteiger partial charge in [-0.15, -0.1) is 10.2 Å². The van der Waals surface area contributed by atoms with Gasteiger partial charge in [0, 0.05) is 18.9 Å². The summed E-state index contributed by atoms with van der Waals surface area (Å²) in [5, 5.41) is 29.2.